The van der Waals surface area contributed by atoms with Gasteiger partial charge in [-0.15, -0.1) is 6.07 Å². The summed E-state index contributed by atoms with van der Waals surface area (Å²) in [6.45, 7) is 13.7. The van der Waals surface area contributed by atoms with Gasteiger partial charge in [0.15, 0.2) is 0 Å². The Morgan fingerprint density at radius 2 is 1.59 bits per heavy atom. The average molecular weight is 687 g/mol. The van der Waals surface area contributed by atoms with Crippen molar-refractivity contribution in [2.24, 2.45) is 0 Å². The molecule has 0 atom stereocenters. The Morgan fingerprint density at radius 1 is 1.03 bits per heavy atom. The molecule has 152 valence electrons. The van der Waals surface area contributed by atoms with Gasteiger partial charge in [-0.05, 0) is 70.9 Å². The molecule has 0 saturated heterocycles. The molecule has 2 radical (unpaired) electrons. The van der Waals surface area contributed by atoms with E-state index in [0.717, 1.165) is 11.1 Å². The van der Waals surface area contributed by atoms with Crippen LogP contribution in [0.1, 0.15) is 81.0 Å². The second-order valence-electron chi connectivity index (χ2n) is 8.88. The van der Waals surface area contributed by atoms with Gasteiger partial charge in [0.2, 0.25) is 0 Å². The van der Waals surface area contributed by atoms with E-state index in [9.17, 15) is 4.79 Å². The van der Waals surface area contributed by atoms with Crippen LogP contribution in [0.5, 0.6) is 0 Å². The van der Waals surface area contributed by atoms with Gasteiger partial charge in [0.1, 0.15) is 0 Å². The van der Waals surface area contributed by atoms with Crippen LogP contribution in [0.15, 0.2) is 30.5 Å². The number of nitrogens with zero attached hydrogens (tertiary/aromatic N) is 1. The van der Waals surface area contributed by atoms with Gasteiger partial charge in [0.25, 0.3) is 0 Å². The van der Waals surface area contributed by atoms with Gasteiger partial charge in [-0.2, -0.15) is 6.07 Å². The van der Waals surface area contributed by atoms with Crippen molar-refractivity contribution in [2.75, 3.05) is 0 Å². The van der Waals surface area contributed by atoms with Crippen LogP contribution in [0.25, 0.3) is 11.6 Å². The number of rotatable bonds is 3. The monoisotopic (exact) mass is 686 g/mol. The van der Waals surface area contributed by atoms with Crippen molar-refractivity contribution >= 4 is 17.9 Å². The van der Waals surface area contributed by atoms with Gasteiger partial charge < -0.3 is 4.79 Å². The fourth-order valence-corrected chi connectivity index (χ4v) is 3.90. The zero-order valence-electron chi connectivity index (χ0n) is 18.2. The first kappa shape index (κ1) is 30.0. The van der Waals surface area contributed by atoms with E-state index >= 15 is 0 Å². The zero-order chi connectivity index (χ0) is 19.1. The molecule has 1 heterocycles. The first-order chi connectivity index (χ1) is 12.1. The first-order valence-corrected chi connectivity index (χ1v) is 9.32. The van der Waals surface area contributed by atoms with Crippen molar-refractivity contribution in [1.29, 1.82) is 0 Å². The van der Waals surface area contributed by atoms with Crippen LogP contribution in [0, 0.1) is 89.5 Å². The van der Waals surface area contributed by atoms with Crippen molar-refractivity contribution in [3.05, 3.63) is 64.0 Å². The normalized spacial score (nSPS) is 16.4. The summed E-state index contributed by atoms with van der Waals surface area (Å²) in [5, 5.41) is 0. The standard InChI is InChI=1S/C24H28NO.Ni.2Pr/c1-16(18-7-8-20(15-26)25-14-18)11-19-13-22-21(12-17(19)2)23(3,4)9-10-24(22,5)6;;;/h7-8,11-14H,9-10H2,1-6H3;;;/q-1;;;/b16-11+;;;. The molecule has 1 aromatic carbocycles. The minimum atomic E-state index is 0. The summed E-state index contributed by atoms with van der Waals surface area (Å²) in [6, 6.07) is 8.42. The summed E-state index contributed by atoms with van der Waals surface area (Å²) in [5.41, 5.74) is 8.49. The zero-order valence-corrected chi connectivity index (χ0v) is 26.6. The molecule has 0 aliphatic heterocycles. The maximum atomic E-state index is 10.7. The summed E-state index contributed by atoms with van der Waals surface area (Å²) in [6.07, 6.45) is 8.24. The number of aryl methyl sites for hydroxylation is 1. The third-order valence-corrected chi connectivity index (χ3v) is 5.93. The fourth-order valence-electron chi connectivity index (χ4n) is 3.90. The largest absolute Gasteiger partial charge is 0.417 e. The summed E-state index contributed by atoms with van der Waals surface area (Å²) in [7, 11) is 0. The number of hydrogen-bond acceptors (Lipinski definition) is 2. The van der Waals surface area contributed by atoms with Crippen molar-refractivity contribution in [1.82, 2.24) is 4.98 Å². The summed E-state index contributed by atoms with van der Waals surface area (Å²) in [4.78, 5) is 14.8. The predicted molar refractivity (Wildman–Crippen MR) is 109 cm³/mol. The molecule has 2 aromatic rings. The average Bonchev–Trinajstić information content (AvgIpc) is 2.60. The summed E-state index contributed by atoms with van der Waals surface area (Å²) >= 11 is 0. The van der Waals surface area contributed by atoms with Gasteiger partial charge in [0.05, 0.1) is 0 Å². The SMILES string of the molecule is C/C(=C\c1cc2c(cc1C)C(C)(C)CCC2(C)C)c1ccc([C-]=O)nc1.[Ni].[Pr].[Pr]. The van der Waals surface area contributed by atoms with Crippen molar-refractivity contribution in [3.8, 4) is 0 Å². The summed E-state index contributed by atoms with van der Waals surface area (Å²) in [5.74, 6) is 0. The molecule has 1 aromatic heterocycles. The molecule has 5 heteroatoms. The minimum Gasteiger partial charge on any atom is -0.417 e. The van der Waals surface area contributed by atoms with Crippen LogP contribution < -0.4 is 0 Å². The Labute approximate surface area is 252 Å². The van der Waals surface area contributed by atoms with E-state index < -0.39 is 0 Å². The Morgan fingerprint density at radius 3 is 2.07 bits per heavy atom. The second-order valence-corrected chi connectivity index (χ2v) is 8.88. The van der Waals surface area contributed by atoms with E-state index in [1.807, 2.05) is 12.4 Å². The van der Waals surface area contributed by atoms with Gasteiger partial charge >= 0.3 is 0 Å². The molecule has 1 aliphatic rings. The van der Waals surface area contributed by atoms with Gasteiger partial charge in [-0.3, -0.25) is 4.98 Å². The smallest absolute Gasteiger partial charge is 0.0298 e. The Balaban J connectivity index is 0.00000261. The molecule has 0 bridgehead atoms. The van der Waals surface area contributed by atoms with E-state index in [1.165, 1.54) is 35.1 Å². The van der Waals surface area contributed by atoms with E-state index in [1.54, 1.807) is 12.3 Å². The Kier molecular flexibility index (Phi) is 12.1. The maximum Gasteiger partial charge on any atom is 0.0298 e. The molecule has 0 fully saturated rings. The number of benzene rings is 1. The van der Waals surface area contributed by atoms with Crippen LogP contribution in [0.3, 0.4) is 0 Å². The van der Waals surface area contributed by atoms with Crippen LogP contribution in [-0.4, -0.2) is 11.3 Å². The van der Waals surface area contributed by atoms with Crippen LogP contribution in [0.4, 0.5) is 0 Å². The molecule has 0 unspecified atom stereocenters. The Bertz CT molecular complexity index is 886. The van der Waals surface area contributed by atoms with E-state index in [4.69, 9.17) is 0 Å². The van der Waals surface area contributed by atoms with Gasteiger partial charge in [0, 0.05) is 112 Å². The number of allylic oxidation sites excluding steroid dienone is 1. The third kappa shape index (κ3) is 6.74. The molecule has 29 heavy (non-hydrogen) atoms. The second kappa shape index (κ2) is 11.7. The number of carbonyl (C=O) groups excluding carboxylic acids is 1. The molecule has 0 amide bonds. The third-order valence-electron chi connectivity index (χ3n) is 5.93. The van der Waals surface area contributed by atoms with E-state index in [-0.39, 0.29) is 110 Å². The predicted octanol–water partition coefficient (Wildman–Crippen LogP) is 5.75. The van der Waals surface area contributed by atoms with Crippen molar-refractivity contribution < 1.29 is 104 Å². The maximum absolute atomic E-state index is 10.7. The number of aromatic nitrogens is 1. The molecule has 1 aliphatic carbocycles. The molecule has 3 rings (SSSR count). The molecule has 0 N–H and O–H groups in total. The molecule has 0 spiro atoms. The van der Waals surface area contributed by atoms with Crippen molar-refractivity contribution in [2.45, 2.75) is 65.2 Å². The fraction of sp³-hybridized carbons (Fsp3) is 0.417. The van der Waals surface area contributed by atoms with Crippen LogP contribution >= 0.6 is 0 Å². The van der Waals surface area contributed by atoms with E-state index in [0.29, 0.717) is 5.69 Å². The molecule has 2 nitrogen and oxygen atoms in total. The van der Waals surface area contributed by atoms with Crippen LogP contribution in [0.2, 0.25) is 0 Å². The van der Waals surface area contributed by atoms with E-state index in [2.05, 4.69) is 64.7 Å². The van der Waals surface area contributed by atoms with Crippen LogP contribution in [-0.2, 0) is 32.1 Å². The van der Waals surface area contributed by atoms with Crippen molar-refractivity contribution in [3.63, 3.8) is 0 Å². The number of hydrogen-bond donors (Lipinski definition) is 0. The molecule has 0 saturated carbocycles. The molecular formula is C24H28NNiOPr2-. The molecular weight excluding hydrogens is 659 g/mol. The number of pyridine rings is 1. The minimum absolute atomic E-state index is 0. The number of fused-ring (bicyclic) bond motifs is 1. The van der Waals surface area contributed by atoms with Gasteiger partial charge in [-0.1, -0.05) is 51.6 Å². The summed E-state index contributed by atoms with van der Waals surface area (Å²) < 4.78 is 0. The first-order valence-electron chi connectivity index (χ1n) is 9.32. The Hall–Kier alpha value is 1.00. The quantitative estimate of drug-likeness (QED) is 0.304. The van der Waals surface area contributed by atoms with Gasteiger partial charge in [-0.25, -0.2) is 0 Å². The topological polar surface area (TPSA) is 30.0 Å².